The van der Waals surface area contributed by atoms with Crippen LogP contribution in [0.2, 0.25) is 0 Å². The number of nitrogens with zero attached hydrogens (tertiary/aromatic N) is 2. The molecule has 0 rings (SSSR count). The summed E-state index contributed by atoms with van der Waals surface area (Å²) < 4.78 is 4.98. The Kier molecular flexibility index (Phi) is 9.88. The summed E-state index contributed by atoms with van der Waals surface area (Å²) in [6.45, 7) is 6.61. The Morgan fingerprint density at radius 1 is 1.26 bits per heavy atom. The first kappa shape index (κ1) is 17.7. The van der Waals surface area contributed by atoms with E-state index in [2.05, 4.69) is 29.5 Å². The fourth-order valence-electron chi connectivity index (χ4n) is 1.21. The van der Waals surface area contributed by atoms with Gasteiger partial charge >= 0.3 is 0 Å². The zero-order chi connectivity index (χ0) is 14.7. The van der Waals surface area contributed by atoms with Crippen LogP contribution in [0.4, 0.5) is 0 Å². The maximum atomic E-state index is 11.5. The quantitative estimate of drug-likeness (QED) is 0.379. The van der Waals surface area contributed by atoms with Gasteiger partial charge in [0.05, 0.1) is 6.61 Å². The molecule has 0 fully saturated rings. The highest BCUT2D eigenvalue weighted by Gasteiger charge is 2.04. The number of nitrogens with one attached hydrogen (secondary N) is 2. The number of hydrogen-bond donors (Lipinski definition) is 2. The third-order valence-corrected chi connectivity index (χ3v) is 2.48. The third-order valence-electron chi connectivity index (χ3n) is 2.48. The molecule has 112 valence electrons. The van der Waals surface area contributed by atoms with Gasteiger partial charge in [0.25, 0.3) is 0 Å². The average molecular weight is 272 g/mol. The molecule has 0 unspecified atom stereocenters. The van der Waals surface area contributed by atoms with Crippen molar-refractivity contribution < 1.29 is 9.53 Å². The molecule has 0 bridgehead atoms. The van der Waals surface area contributed by atoms with Gasteiger partial charge in [-0.3, -0.25) is 4.79 Å². The predicted molar refractivity (Wildman–Crippen MR) is 78.3 cm³/mol. The minimum absolute atomic E-state index is 0.0169. The lowest BCUT2D eigenvalue weighted by Crippen LogP contribution is -2.40. The van der Waals surface area contributed by atoms with Crippen LogP contribution in [-0.4, -0.2) is 64.2 Å². The molecule has 19 heavy (non-hydrogen) atoms. The van der Waals surface area contributed by atoms with E-state index >= 15 is 0 Å². The topological polar surface area (TPSA) is 66.0 Å². The molecule has 6 nitrogen and oxygen atoms in total. The van der Waals surface area contributed by atoms with Crippen molar-refractivity contribution in [1.82, 2.24) is 15.5 Å². The van der Waals surface area contributed by atoms with Gasteiger partial charge in [-0.05, 0) is 12.3 Å². The van der Waals surface area contributed by atoms with Crippen LogP contribution in [0.5, 0.6) is 0 Å². The van der Waals surface area contributed by atoms with Gasteiger partial charge in [-0.1, -0.05) is 13.8 Å². The third kappa shape index (κ3) is 10.3. The van der Waals surface area contributed by atoms with Gasteiger partial charge in [0.15, 0.2) is 5.96 Å². The van der Waals surface area contributed by atoms with E-state index in [-0.39, 0.29) is 12.5 Å². The van der Waals surface area contributed by atoms with Gasteiger partial charge in [-0.25, -0.2) is 4.99 Å². The molecule has 0 aromatic carbocycles. The number of carbonyl (C=O) groups excluding carboxylic acids is 1. The van der Waals surface area contributed by atoms with Crippen LogP contribution in [0.3, 0.4) is 0 Å². The Morgan fingerprint density at radius 2 is 1.89 bits per heavy atom. The van der Waals surface area contributed by atoms with Crippen LogP contribution in [-0.2, 0) is 9.53 Å². The fourth-order valence-corrected chi connectivity index (χ4v) is 1.21. The van der Waals surface area contributed by atoms with Gasteiger partial charge in [-0.2, -0.15) is 0 Å². The molecule has 0 aliphatic heterocycles. The lowest BCUT2D eigenvalue weighted by Gasteiger charge is -2.14. The first-order valence-corrected chi connectivity index (χ1v) is 6.68. The Balaban J connectivity index is 4.22. The minimum Gasteiger partial charge on any atom is -0.383 e. The molecule has 0 aromatic heterocycles. The number of ether oxygens (including phenoxy) is 1. The molecule has 6 heteroatoms. The Hall–Kier alpha value is -1.30. The average Bonchev–Trinajstić information content (AvgIpc) is 2.34. The zero-order valence-electron chi connectivity index (χ0n) is 12.8. The standard InChI is InChI=1S/C13H28N4O2/c1-11(2)6-7-14-13(15-8-9-19-5)16-10-12(18)17(3)4/h11H,6-10H2,1-5H3,(H2,14,15,16). The summed E-state index contributed by atoms with van der Waals surface area (Å²) in [6, 6.07) is 0. The van der Waals surface area contributed by atoms with Crippen molar-refractivity contribution in [3.8, 4) is 0 Å². The largest absolute Gasteiger partial charge is 0.383 e. The molecule has 0 saturated heterocycles. The van der Waals surface area contributed by atoms with E-state index in [9.17, 15) is 4.79 Å². The lowest BCUT2D eigenvalue weighted by atomic mass is 10.1. The number of rotatable bonds is 8. The van der Waals surface area contributed by atoms with Gasteiger partial charge in [0, 0.05) is 34.3 Å². The summed E-state index contributed by atoms with van der Waals surface area (Å²) in [7, 11) is 5.10. The Morgan fingerprint density at radius 3 is 2.42 bits per heavy atom. The summed E-state index contributed by atoms with van der Waals surface area (Å²) >= 11 is 0. The summed E-state index contributed by atoms with van der Waals surface area (Å²) in [5, 5.41) is 6.35. The number of amides is 1. The second kappa shape index (κ2) is 10.6. The van der Waals surface area contributed by atoms with Gasteiger partial charge in [0.1, 0.15) is 6.54 Å². The van der Waals surface area contributed by atoms with E-state index in [1.807, 2.05) is 0 Å². The van der Waals surface area contributed by atoms with Crippen LogP contribution in [0.15, 0.2) is 4.99 Å². The SMILES string of the molecule is COCCNC(=NCC(=O)N(C)C)NCCC(C)C. The smallest absolute Gasteiger partial charge is 0.243 e. The second-order valence-corrected chi connectivity index (χ2v) is 4.98. The molecule has 0 aromatic rings. The molecule has 2 N–H and O–H groups in total. The summed E-state index contributed by atoms with van der Waals surface area (Å²) in [4.78, 5) is 17.3. The molecule has 0 spiro atoms. The molecule has 0 atom stereocenters. The Labute approximate surface area is 116 Å². The predicted octanol–water partition coefficient (Wildman–Crippen LogP) is 0.302. The van der Waals surface area contributed by atoms with Crippen molar-refractivity contribution in [1.29, 1.82) is 0 Å². The molecule has 0 aliphatic rings. The Bertz CT molecular complexity index is 278. The number of likely N-dealkylation sites (N-methyl/N-ethyl adjacent to an activating group) is 1. The van der Waals surface area contributed by atoms with Crippen LogP contribution in [0, 0.1) is 5.92 Å². The maximum Gasteiger partial charge on any atom is 0.243 e. The molecule has 0 heterocycles. The highest BCUT2D eigenvalue weighted by molar-refractivity contribution is 5.84. The van der Waals surface area contributed by atoms with Crippen LogP contribution in [0.1, 0.15) is 20.3 Å². The number of guanidine groups is 1. The number of carbonyl (C=O) groups is 1. The van der Waals surface area contributed by atoms with Crippen molar-refractivity contribution in [3.05, 3.63) is 0 Å². The van der Waals surface area contributed by atoms with E-state index in [4.69, 9.17) is 4.74 Å². The van der Waals surface area contributed by atoms with E-state index in [0.29, 0.717) is 25.0 Å². The van der Waals surface area contributed by atoms with Crippen LogP contribution < -0.4 is 10.6 Å². The summed E-state index contributed by atoms with van der Waals surface area (Å²) in [6.07, 6.45) is 1.06. The molecule has 0 radical (unpaired) electrons. The van der Waals surface area contributed by atoms with Crippen molar-refractivity contribution in [2.24, 2.45) is 10.9 Å². The lowest BCUT2D eigenvalue weighted by molar-refractivity contribution is -0.127. The first-order valence-electron chi connectivity index (χ1n) is 6.68. The minimum atomic E-state index is -0.0169. The first-order chi connectivity index (χ1) is 8.97. The van der Waals surface area contributed by atoms with Crippen LogP contribution in [0.25, 0.3) is 0 Å². The molecule has 0 aliphatic carbocycles. The number of methoxy groups -OCH3 is 1. The molecule has 0 saturated carbocycles. The highest BCUT2D eigenvalue weighted by atomic mass is 16.5. The van der Waals surface area contributed by atoms with Gasteiger partial charge in [-0.15, -0.1) is 0 Å². The molecular weight excluding hydrogens is 244 g/mol. The fraction of sp³-hybridized carbons (Fsp3) is 0.846. The van der Waals surface area contributed by atoms with Crippen molar-refractivity contribution in [2.45, 2.75) is 20.3 Å². The molecule has 1 amide bonds. The van der Waals surface area contributed by atoms with E-state index in [1.54, 1.807) is 21.2 Å². The maximum absolute atomic E-state index is 11.5. The van der Waals surface area contributed by atoms with Crippen LogP contribution >= 0.6 is 0 Å². The normalized spacial score (nSPS) is 11.6. The number of aliphatic imine (C=N–C) groups is 1. The van der Waals surface area contributed by atoms with Crippen molar-refractivity contribution in [3.63, 3.8) is 0 Å². The number of hydrogen-bond acceptors (Lipinski definition) is 3. The van der Waals surface area contributed by atoms with E-state index < -0.39 is 0 Å². The van der Waals surface area contributed by atoms with E-state index in [0.717, 1.165) is 13.0 Å². The van der Waals surface area contributed by atoms with E-state index in [1.165, 1.54) is 4.90 Å². The van der Waals surface area contributed by atoms with Crippen molar-refractivity contribution in [2.75, 3.05) is 47.4 Å². The zero-order valence-corrected chi connectivity index (χ0v) is 12.8. The second-order valence-electron chi connectivity index (χ2n) is 4.98. The molecular formula is C13H28N4O2. The highest BCUT2D eigenvalue weighted by Crippen LogP contribution is 1.96. The van der Waals surface area contributed by atoms with Gasteiger partial charge < -0.3 is 20.3 Å². The van der Waals surface area contributed by atoms with Gasteiger partial charge in [0.2, 0.25) is 5.91 Å². The summed E-state index contributed by atoms with van der Waals surface area (Å²) in [5.74, 6) is 1.28. The van der Waals surface area contributed by atoms with Crippen molar-refractivity contribution >= 4 is 11.9 Å². The summed E-state index contributed by atoms with van der Waals surface area (Å²) in [5.41, 5.74) is 0. The monoisotopic (exact) mass is 272 g/mol.